The maximum atomic E-state index is 13.2. The van der Waals surface area contributed by atoms with Gasteiger partial charge in [-0.05, 0) is 20.3 Å². The molecule has 11 heavy (non-hydrogen) atoms. The lowest BCUT2D eigenvalue weighted by Crippen LogP contribution is -1.94. The molecule has 0 aromatic heterocycles. The van der Waals surface area contributed by atoms with Crippen LogP contribution in [0.1, 0.15) is 34.1 Å². The van der Waals surface area contributed by atoms with Gasteiger partial charge in [0.15, 0.2) is 0 Å². The Hall–Kier alpha value is -0.770. The van der Waals surface area contributed by atoms with Crippen LogP contribution in [0.4, 0.5) is 4.39 Å². The van der Waals surface area contributed by atoms with E-state index in [2.05, 4.69) is 11.8 Å². The standard InChI is InChI=1S/C10H15F/c1-5-7-9(4)10(11)8(3)6-2/h8H,6H2,1-4H3/b10-9+/t8-/m0/s1. The van der Waals surface area contributed by atoms with Crippen molar-refractivity contribution in [2.45, 2.75) is 34.1 Å². The largest absolute Gasteiger partial charge is 0.211 e. The van der Waals surface area contributed by atoms with E-state index in [9.17, 15) is 4.39 Å². The van der Waals surface area contributed by atoms with Gasteiger partial charge in [-0.3, -0.25) is 0 Å². The monoisotopic (exact) mass is 154 g/mol. The molecule has 1 atom stereocenters. The lowest BCUT2D eigenvalue weighted by Gasteiger charge is -2.05. The minimum absolute atomic E-state index is 0.0100. The van der Waals surface area contributed by atoms with Crippen LogP contribution in [-0.4, -0.2) is 0 Å². The number of halogens is 1. The molecule has 0 spiro atoms. The molecule has 0 aliphatic rings. The molecule has 0 rings (SSSR count). The third kappa shape index (κ3) is 3.23. The molecule has 0 aliphatic heterocycles. The molecule has 0 radical (unpaired) electrons. The van der Waals surface area contributed by atoms with Crippen LogP contribution in [0, 0.1) is 17.8 Å². The first-order valence-electron chi connectivity index (χ1n) is 3.92. The fourth-order valence-corrected chi connectivity index (χ4v) is 0.796. The van der Waals surface area contributed by atoms with E-state index in [1.807, 2.05) is 13.8 Å². The summed E-state index contributed by atoms with van der Waals surface area (Å²) in [4.78, 5) is 0. The van der Waals surface area contributed by atoms with E-state index in [1.165, 1.54) is 0 Å². The molecule has 1 heteroatoms. The summed E-state index contributed by atoms with van der Waals surface area (Å²) in [6.45, 7) is 7.28. The molecule has 62 valence electrons. The molecule has 0 aromatic carbocycles. The van der Waals surface area contributed by atoms with Crippen LogP contribution in [0.2, 0.25) is 0 Å². The number of hydrogen-bond acceptors (Lipinski definition) is 0. The van der Waals surface area contributed by atoms with Crippen molar-refractivity contribution in [1.29, 1.82) is 0 Å². The van der Waals surface area contributed by atoms with Crippen LogP contribution in [0.25, 0.3) is 0 Å². The predicted molar refractivity (Wildman–Crippen MR) is 46.7 cm³/mol. The Labute approximate surface area is 68.5 Å². The van der Waals surface area contributed by atoms with Gasteiger partial charge in [-0.2, -0.15) is 0 Å². The third-order valence-electron chi connectivity index (χ3n) is 1.72. The van der Waals surface area contributed by atoms with Crippen molar-refractivity contribution in [3.05, 3.63) is 11.4 Å². The summed E-state index contributed by atoms with van der Waals surface area (Å²) in [6.07, 6.45) is 0.828. The smallest absolute Gasteiger partial charge is 0.114 e. The minimum atomic E-state index is -0.0677. The molecule has 0 aliphatic carbocycles. The fourth-order valence-electron chi connectivity index (χ4n) is 0.796. The molecule has 0 bridgehead atoms. The topological polar surface area (TPSA) is 0 Å². The van der Waals surface area contributed by atoms with Crippen LogP contribution in [0.15, 0.2) is 11.4 Å². The van der Waals surface area contributed by atoms with Gasteiger partial charge in [-0.25, -0.2) is 4.39 Å². The Kier molecular flexibility index (Phi) is 4.61. The first kappa shape index (κ1) is 10.2. The van der Waals surface area contributed by atoms with Gasteiger partial charge in [-0.15, -0.1) is 5.92 Å². The average Bonchev–Trinajstić information content (AvgIpc) is 2.02. The normalized spacial score (nSPS) is 14.6. The highest BCUT2D eigenvalue weighted by Gasteiger charge is 2.07. The second-order valence-corrected chi connectivity index (χ2v) is 2.66. The van der Waals surface area contributed by atoms with E-state index >= 15 is 0 Å². The van der Waals surface area contributed by atoms with Crippen molar-refractivity contribution in [3.63, 3.8) is 0 Å². The molecule has 0 N–H and O–H groups in total. The molecule has 0 heterocycles. The minimum Gasteiger partial charge on any atom is -0.211 e. The van der Waals surface area contributed by atoms with Crippen LogP contribution in [-0.2, 0) is 0 Å². The Bertz CT molecular complexity index is 203. The quantitative estimate of drug-likeness (QED) is 0.535. The average molecular weight is 154 g/mol. The van der Waals surface area contributed by atoms with E-state index in [1.54, 1.807) is 13.8 Å². The van der Waals surface area contributed by atoms with Crippen LogP contribution < -0.4 is 0 Å². The maximum Gasteiger partial charge on any atom is 0.114 e. The summed E-state index contributed by atoms with van der Waals surface area (Å²) < 4.78 is 13.2. The first-order valence-corrected chi connectivity index (χ1v) is 3.92. The lowest BCUT2D eigenvalue weighted by atomic mass is 10.0. The van der Waals surface area contributed by atoms with E-state index in [0.29, 0.717) is 5.57 Å². The third-order valence-corrected chi connectivity index (χ3v) is 1.72. The second kappa shape index (κ2) is 4.96. The van der Waals surface area contributed by atoms with Gasteiger partial charge in [-0.1, -0.05) is 19.8 Å². The van der Waals surface area contributed by atoms with E-state index in [4.69, 9.17) is 0 Å². The van der Waals surface area contributed by atoms with Crippen molar-refractivity contribution < 1.29 is 4.39 Å². The lowest BCUT2D eigenvalue weighted by molar-refractivity contribution is 0.477. The highest BCUT2D eigenvalue weighted by atomic mass is 19.1. The molecule has 0 nitrogen and oxygen atoms in total. The van der Waals surface area contributed by atoms with Crippen molar-refractivity contribution in [3.8, 4) is 11.8 Å². The maximum absolute atomic E-state index is 13.2. The van der Waals surface area contributed by atoms with Crippen molar-refractivity contribution in [2.75, 3.05) is 0 Å². The van der Waals surface area contributed by atoms with E-state index in [0.717, 1.165) is 6.42 Å². The zero-order valence-corrected chi connectivity index (χ0v) is 7.66. The van der Waals surface area contributed by atoms with E-state index < -0.39 is 0 Å². The highest BCUT2D eigenvalue weighted by molar-refractivity contribution is 5.29. The number of allylic oxidation sites excluding steroid dienone is 2. The highest BCUT2D eigenvalue weighted by Crippen LogP contribution is 2.18. The molecule has 0 saturated heterocycles. The van der Waals surface area contributed by atoms with Crippen molar-refractivity contribution >= 4 is 0 Å². The molecule has 0 unspecified atom stereocenters. The summed E-state index contributed by atoms with van der Waals surface area (Å²) >= 11 is 0. The van der Waals surface area contributed by atoms with Gasteiger partial charge in [0, 0.05) is 11.5 Å². The summed E-state index contributed by atoms with van der Waals surface area (Å²) in [5.74, 6) is 5.34. The zero-order chi connectivity index (χ0) is 8.85. The fraction of sp³-hybridized carbons (Fsp3) is 0.600. The molecular weight excluding hydrogens is 139 g/mol. The predicted octanol–water partition coefficient (Wildman–Crippen LogP) is 3.30. The van der Waals surface area contributed by atoms with Gasteiger partial charge in [0.05, 0.1) is 0 Å². The van der Waals surface area contributed by atoms with Gasteiger partial charge in [0.25, 0.3) is 0 Å². The van der Waals surface area contributed by atoms with E-state index in [-0.39, 0.29) is 11.7 Å². The second-order valence-electron chi connectivity index (χ2n) is 2.66. The summed E-state index contributed by atoms with van der Waals surface area (Å²) in [5.41, 5.74) is 0.571. The number of rotatable bonds is 2. The van der Waals surface area contributed by atoms with Gasteiger partial charge < -0.3 is 0 Å². The molecule has 0 fully saturated rings. The SMILES string of the molecule is CC#C/C(C)=C(/F)[C@@H](C)CC. The van der Waals surface area contributed by atoms with Gasteiger partial charge in [0.2, 0.25) is 0 Å². The summed E-state index contributed by atoms with van der Waals surface area (Å²) in [6, 6.07) is 0. The number of hydrogen-bond donors (Lipinski definition) is 0. The Morgan fingerprint density at radius 3 is 2.45 bits per heavy atom. The van der Waals surface area contributed by atoms with Crippen LogP contribution in [0.3, 0.4) is 0 Å². The zero-order valence-electron chi connectivity index (χ0n) is 7.66. The Morgan fingerprint density at radius 2 is 2.09 bits per heavy atom. The Morgan fingerprint density at radius 1 is 1.55 bits per heavy atom. The van der Waals surface area contributed by atoms with Crippen molar-refractivity contribution in [2.24, 2.45) is 5.92 Å². The molecule has 0 aromatic rings. The summed E-state index contributed by atoms with van der Waals surface area (Å²) in [7, 11) is 0. The Balaban J connectivity index is 4.47. The summed E-state index contributed by atoms with van der Waals surface area (Å²) in [5, 5.41) is 0. The van der Waals surface area contributed by atoms with Gasteiger partial charge >= 0.3 is 0 Å². The first-order chi connectivity index (χ1) is 5.13. The van der Waals surface area contributed by atoms with Crippen LogP contribution in [0.5, 0.6) is 0 Å². The van der Waals surface area contributed by atoms with Crippen LogP contribution >= 0.6 is 0 Å². The molecular formula is C10H15F. The van der Waals surface area contributed by atoms with Crippen molar-refractivity contribution in [1.82, 2.24) is 0 Å². The molecule has 0 amide bonds. The molecule has 0 saturated carbocycles. The van der Waals surface area contributed by atoms with Gasteiger partial charge in [0.1, 0.15) is 5.83 Å².